The van der Waals surface area contributed by atoms with Gasteiger partial charge >= 0.3 is 0 Å². The maximum Gasteiger partial charge on any atom is 0.230 e. The summed E-state index contributed by atoms with van der Waals surface area (Å²) in [6.07, 6.45) is 1.10. The maximum atomic E-state index is 11.4. The zero-order valence-electron chi connectivity index (χ0n) is 11.6. The number of aryl methyl sites for hydroxylation is 1. The molecule has 108 valence electrons. The average molecular weight is 302 g/mol. The Kier molecular flexibility index (Phi) is 3.13. The van der Waals surface area contributed by atoms with E-state index in [2.05, 4.69) is 14.8 Å². The van der Waals surface area contributed by atoms with Gasteiger partial charge in [-0.25, -0.2) is 13.4 Å². The van der Waals surface area contributed by atoms with Crippen LogP contribution in [0.4, 0.5) is 5.82 Å². The first-order valence-electron chi connectivity index (χ1n) is 6.33. The van der Waals surface area contributed by atoms with Crippen molar-refractivity contribution in [3.63, 3.8) is 0 Å². The molecule has 1 aromatic carbocycles. The molecule has 6 nitrogen and oxygen atoms in total. The van der Waals surface area contributed by atoms with Crippen molar-refractivity contribution in [1.29, 1.82) is 0 Å². The van der Waals surface area contributed by atoms with Crippen molar-refractivity contribution < 1.29 is 8.42 Å². The molecule has 0 saturated heterocycles. The summed E-state index contributed by atoms with van der Waals surface area (Å²) in [4.78, 5) is 4.52. The van der Waals surface area contributed by atoms with Gasteiger partial charge in [0.1, 0.15) is 5.82 Å². The summed E-state index contributed by atoms with van der Waals surface area (Å²) in [5.74, 6) is 0.936. The van der Waals surface area contributed by atoms with Crippen LogP contribution < -0.4 is 4.72 Å². The van der Waals surface area contributed by atoms with Gasteiger partial charge in [-0.05, 0) is 25.1 Å². The van der Waals surface area contributed by atoms with Gasteiger partial charge in [-0.15, -0.1) is 0 Å². The number of para-hydroxylation sites is 1. The number of aromatic nitrogens is 3. The van der Waals surface area contributed by atoms with E-state index in [-0.39, 0.29) is 0 Å². The normalized spacial score (nSPS) is 11.7. The number of pyridine rings is 1. The third-order valence-corrected chi connectivity index (χ3v) is 3.50. The summed E-state index contributed by atoms with van der Waals surface area (Å²) in [6, 6.07) is 13.1. The highest BCUT2D eigenvalue weighted by Gasteiger charge is 2.12. The molecule has 0 saturated carbocycles. The molecular formula is C14H14N4O2S. The third-order valence-electron chi connectivity index (χ3n) is 2.92. The van der Waals surface area contributed by atoms with Gasteiger partial charge in [0.2, 0.25) is 10.0 Å². The Morgan fingerprint density at radius 3 is 2.67 bits per heavy atom. The Morgan fingerprint density at radius 2 is 1.90 bits per heavy atom. The van der Waals surface area contributed by atoms with Gasteiger partial charge in [-0.1, -0.05) is 18.2 Å². The van der Waals surface area contributed by atoms with E-state index >= 15 is 0 Å². The molecule has 1 N–H and O–H groups in total. The van der Waals surface area contributed by atoms with E-state index < -0.39 is 10.0 Å². The molecule has 0 unspecified atom stereocenters. The van der Waals surface area contributed by atoms with Crippen molar-refractivity contribution in [2.24, 2.45) is 0 Å². The Labute approximate surface area is 122 Å². The first-order valence-corrected chi connectivity index (χ1v) is 8.22. The summed E-state index contributed by atoms with van der Waals surface area (Å²) in [6.45, 7) is 1.80. The van der Waals surface area contributed by atoms with Crippen molar-refractivity contribution in [2.45, 2.75) is 6.92 Å². The molecule has 0 spiro atoms. The standard InChI is InChI=1S/C14H14N4O2S/c1-10-9-14(17-21(2,19)20)18(16-10)13-8-7-11-5-3-4-6-12(11)15-13/h3-9,17H,1-2H3. The van der Waals surface area contributed by atoms with Gasteiger partial charge in [0, 0.05) is 11.5 Å². The summed E-state index contributed by atoms with van der Waals surface area (Å²) >= 11 is 0. The van der Waals surface area contributed by atoms with Crippen LogP contribution >= 0.6 is 0 Å². The Balaban J connectivity index is 2.13. The molecule has 2 heterocycles. The SMILES string of the molecule is Cc1cc(NS(C)(=O)=O)n(-c2ccc3ccccc3n2)n1. The highest BCUT2D eigenvalue weighted by Crippen LogP contribution is 2.19. The zero-order valence-corrected chi connectivity index (χ0v) is 12.4. The number of sulfonamides is 1. The minimum Gasteiger partial charge on any atom is -0.267 e. The van der Waals surface area contributed by atoms with Crippen molar-refractivity contribution in [3.8, 4) is 5.82 Å². The molecule has 3 rings (SSSR count). The Morgan fingerprint density at radius 1 is 1.14 bits per heavy atom. The second-order valence-corrected chi connectivity index (χ2v) is 6.57. The summed E-state index contributed by atoms with van der Waals surface area (Å²) in [5, 5.41) is 5.32. The van der Waals surface area contributed by atoms with E-state index in [1.165, 1.54) is 4.68 Å². The molecule has 7 heteroatoms. The second kappa shape index (κ2) is 4.85. The smallest absolute Gasteiger partial charge is 0.230 e. The number of anilines is 1. The van der Waals surface area contributed by atoms with Gasteiger partial charge < -0.3 is 0 Å². The number of fused-ring (bicyclic) bond motifs is 1. The zero-order chi connectivity index (χ0) is 15.0. The van der Waals surface area contributed by atoms with E-state index in [9.17, 15) is 8.42 Å². The summed E-state index contributed by atoms with van der Waals surface area (Å²) < 4.78 is 26.8. The van der Waals surface area contributed by atoms with Crippen LogP contribution in [0.25, 0.3) is 16.7 Å². The van der Waals surface area contributed by atoms with Crippen LogP contribution in [-0.4, -0.2) is 29.4 Å². The largest absolute Gasteiger partial charge is 0.267 e. The molecule has 0 amide bonds. The molecular weight excluding hydrogens is 288 g/mol. The number of hydrogen-bond donors (Lipinski definition) is 1. The number of benzene rings is 1. The highest BCUT2D eigenvalue weighted by molar-refractivity contribution is 7.92. The summed E-state index contributed by atoms with van der Waals surface area (Å²) in [7, 11) is -3.38. The van der Waals surface area contributed by atoms with Gasteiger partial charge in [-0.3, -0.25) is 4.72 Å². The van der Waals surface area contributed by atoms with Gasteiger partial charge in [0.25, 0.3) is 0 Å². The third kappa shape index (κ3) is 2.87. The van der Waals surface area contributed by atoms with Crippen molar-refractivity contribution in [2.75, 3.05) is 11.0 Å². The number of nitrogens with zero attached hydrogens (tertiary/aromatic N) is 3. The van der Waals surface area contributed by atoms with Crippen molar-refractivity contribution in [1.82, 2.24) is 14.8 Å². The Hall–Kier alpha value is -2.41. The number of nitrogens with one attached hydrogen (secondary N) is 1. The molecule has 0 aliphatic heterocycles. The van der Waals surface area contributed by atoms with Crippen LogP contribution in [0.5, 0.6) is 0 Å². The van der Waals surface area contributed by atoms with Crippen LogP contribution in [0.1, 0.15) is 5.69 Å². The molecule has 0 radical (unpaired) electrons. The minimum absolute atomic E-state index is 0.373. The first-order chi connectivity index (χ1) is 9.92. The van der Waals surface area contributed by atoms with Crippen LogP contribution in [0, 0.1) is 6.92 Å². The fourth-order valence-corrected chi connectivity index (χ4v) is 2.64. The van der Waals surface area contributed by atoms with Crippen LogP contribution in [0.2, 0.25) is 0 Å². The van der Waals surface area contributed by atoms with E-state index in [1.54, 1.807) is 13.0 Å². The van der Waals surface area contributed by atoms with Gasteiger partial charge in [0.05, 0.1) is 17.5 Å². The van der Waals surface area contributed by atoms with Gasteiger partial charge in [-0.2, -0.15) is 9.78 Å². The quantitative estimate of drug-likeness (QED) is 0.804. The molecule has 0 bridgehead atoms. The second-order valence-electron chi connectivity index (χ2n) is 4.82. The lowest BCUT2D eigenvalue weighted by Crippen LogP contribution is -2.14. The van der Waals surface area contributed by atoms with E-state index in [4.69, 9.17) is 0 Å². The van der Waals surface area contributed by atoms with Crippen LogP contribution in [-0.2, 0) is 10.0 Å². The predicted molar refractivity (Wildman–Crippen MR) is 82.1 cm³/mol. The van der Waals surface area contributed by atoms with E-state index in [0.717, 1.165) is 17.2 Å². The molecule has 0 aliphatic rings. The van der Waals surface area contributed by atoms with Crippen molar-refractivity contribution in [3.05, 3.63) is 48.2 Å². The molecule has 2 aromatic heterocycles. The minimum atomic E-state index is -3.38. The average Bonchev–Trinajstić information content (AvgIpc) is 2.77. The fourth-order valence-electron chi connectivity index (χ4n) is 2.11. The molecule has 0 aliphatic carbocycles. The summed E-state index contributed by atoms with van der Waals surface area (Å²) in [5.41, 5.74) is 1.53. The maximum absolute atomic E-state index is 11.4. The van der Waals surface area contributed by atoms with Gasteiger partial charge in [0.15, 0.2) is 5.82 Å². The Bertz CT molecular complexity index is 916. The lowest BCUT2D eigenvalue weighted by molar-refractivity contribution is 0.606. The number of hydrogen-bond acceptors (Lipinski definition) is 4. The monoisotopic (exact) mass is 302 g/mol. The molecule has 3 aromatic rings. The molecule has 21 heavy (non-hydrogen) atoms. The lowest BCUT2D eigenvalue weighted by Gasteiger charge is -2.08. The highest BCUT2D eigenvalue weighted by atomic mass is 32.2. The van der Waals surface area contributed by atoms with E-state index in [1.807, 2.05) is 36.4 Å². The van der Waals surface area contributed by atoms with E-state index in [0.29, 0.717) is 17.3 Å². The lowest BCUT2D eigenvalue weighted by atomic mass is 10.2. The van der Waals surface area contributed by atoms with Crippen molar-refractivity contribution >= 4 is 26.7 Å². The predicted octanol–water partition coefficient (Wildman–Crippen LogP) is 2.10. The molecule has 0 atom stereocenters. The van der Waals surface area contributed by atoms with Crippen LogP contribution in [0.15, 0.2) is 42.5 Å². The number of rotatable bonds is 3. The first kappa shape index (κ1) is 13.6. The topological polar surface area (TPSA) is 76.9 Å². The molecule has 0 fully saturated rings. The fraction of sp³-hybridized carbons (Fsp3) is 0.143. The van der Waals surface area contributed by atoms with Crippen LogP contribution in [0.3, 0.4) is 0 Å².